The molecular weight excluding hydrogens is 190 g/mol. The van der Waals surface area contributed by atoms with Crippen molar-refractivity contribution in [1.82, 2.24) is 0 Å². The first kappa shape index (κ1) is 10.3. The van der Waals surface area contributed by atoms with Crippen molar-refractivity contribution in [2.24, 2.45) is 0 Å². The highest BCUT2D eigenvalue weighted by Crippen LogP contribution is 2.26. The van der Waals surface area contributed by atoms with Crippen molar-refractivity contribution in [3.63, 3.8) is 0 Å². The minimum absolute atomic E-state index is 0.410. The highest BCUT2D eigenvalue weighted by molar-refractivity contribution is 5.71. The fourth-order valence-electron chi connectivity index (χ4n) is 2.24. The van der Waals surface area contributed by atoms with E-state index in [1.54, 1.807) is 6.07 Å². The number of anilines is 1. The quantitative estimate of drug-likeness (QED) is 0.714. The van der Waals surface area contributed by atoms with E-state index in [-0.39, 0.29) is 0 Å². The Morgan fingerprint density at radius 1 is 1.33 bits per heavy atom. The molecule has 0 radical (unpaired) electrons. The zero-order valence-corrected chi connectivity index (χ0v) is 9.11. The van der Waals surface area contributed by atoms with Gasteiger partial charge in [0, 0.05) is 19.2 Å². The Balaban J connectivity index is 2.05. The van der Waals surface area contributed by atoms with Crippen LogP contribution in [0.25, 0.3) is 0 Å². The average Bonchev–Trinajstić information content (AvgIpc) is 2.78. The van der Waals surface area contributed by atoms with Gasteiger partial charge in [0.2, 0.25) is 0 Å². The zero-order valence-electron chi connectivity index (χ0n) is 9.11. The molecule has 0 aromatic carbocycles. The Morgan fingerprint density at radius 3 is 2.67 bits per heavy atom. The van der Waals surface area contributed by atoms with E-state index >= 15 is 0 Å². The molecule has 3 heteroatoms. The molecule has 0 bridgehead atoms. The molecule has 82 valence electrons. The van der Waals surface area contributed by atoms with Crippen LogP contribution in [0.1, 0.15) is 42.7 Å². The van der Waals surface area contributed by atoms with E-state index in [0.29, 0.717) is 11.8 Å². The summed E-state index contributed by atoms with van der Waals surface area (Å²) in [5.74, 6) is 1.22. The molecule has 1 heterocycles. The molecule has 0 aliphatic heterocycles. The molecule has 1 aliphatic carbocycles. The van der Waals surface area contributed by atoms with Crippen molar-refractivity contribution in [1.29, 1.82) is 0 Å². The molecule has 0 atom stereocenters. The summed E-state index contributed by atoms with van der Waals surface area (Å²) in [6.07, 6.45) is 7.16. The first-order chi connectivity index (χ1) is 7.31. The summed E-state index contributed by atoms with van der Waals surface area (Å²) >= 11 is 0. The van der Waals surface area contributed by atoms with Crippen LogP contribution in [0.15, 0.2) is 16.5 Å². The van der Waals surface area contributed by atoms with E-state index in [1.807, 2.05) is 13.1 Å². The lowest BCUT2D eigenvalue weighted by Gasteiger charge is -2.30. The van der Waals surface area contributed by atoms with E-state index in [0.717, 1.165) is 12.2 Å². The van der Waals surface area contributed by atoms with E-state index in [1.165, 1.54) is 32.1 Å². The maximum absolute atomic E-state index is 10.5. The number of furan rings is 1. The summed E-state index contributed by atoms with van der Waals surface area (Å²) in [4.78, 5) is 12.7. The Bertz CT molecular complexity index is 326. The second-order valence-corrected chi connectivity index (χ2v) is 4.20. The smallest absolute Gasteiger partial charge is 0.196 e. The van der Waals surface area contributed by atoms with Gasteiger partial charge in [-0.3, -0.25) is 4.79 Å². The fourth-order valence-corrected chi connectivity index (χ4v) is 2.24. The van der Waals surface area contributed by atoms with Crippen molar-refractivity contribution < 1.29 is 9.21 Å². The van der Waals surface area contributed by atoms with E-state index < -0.39 is 0 Å². The summed E-state index contributed by atoms with van der Waals surface area (Å²) in [5.41, 5.74) is 0. The van der Waals surface area contributed by atoms with Gasteiger partial charge in [-0.15, -0.1) is 0 Å². The minimum Gasteiger partial charge on any atom is -0.438 e. The van der Waals surface area contributed by atoms with Crippen molar-refractivity contribution >= 4 is 12.2 Å². The Kier molecular flexibility index (Phi) is 3.09. The lowest BCUT2D eigenvalue weighted by molar-refractivity contribution is 0.110. The van der Waals surface area contributed by atoms with Crippen LogP contribution >= 0.6 is 0 Å². The molecular formula is C12H17NO2. The lowest BCUT2D eigenvalue weighted by atomic mass is 9.94. The van der Waals surface area contributed by atoms with E-state index in [2.05, 4.69) is 4.90 Å². The van der Waals surface area contributed by atoms with Gasteiger partial charge in [0.25, 0.3) is 0 Å². The minimum atomic E-state index is 0.410. The van der Waals surface area contributed by atoms with Gasteiger partial charge >= 0.3 is 0 Å². The molecule has 15 heavy (non-hydrogen) atoms. The summed E-state index contributed by atoms with van der Waals surface area (Å²) < 4.78 is 5.41. The third-order valence-electron chi connectivity index (χ3n) is 3.20. The van der Waals surface area contributed by atoms with Crippen LogP contribution in [0.3, 0.4) is 0 Å². The molecule has 0 spiro atoms. The van der Waals surface area contributed by atoms with E-state index in [4.69, 9.17) is 4.42 Å². The molecule has 0 N–H and O–H groups in total. The topological polar surface area (TPSA) is 33.5 Å². The second-order valence-electron chi connectivity index (χ2n) is 4.20. The molecule has 2 rings (SSSR count). The van der Waals surface area contributed by atoms with Crippen LogP contribution in [0.5, 0.6) is 0 Å². The van der Waals surface area contributed by atoms with Crippen LogP contribution < -0.4 is 4.90 Å². The van der Waals surface area contributed by atoms with Gasteiger partial charge in [0.1, 0.15) is 0 Å². The van der Waals surface area contributed by atoms with Gasteiger partial charge in [-0.25, -0.2) is 0 Å². The average molecular weight is 207 g/mol. The lowest BCUT2D eigenvalue weighted by Crippen LogP contribution is -2.32. The van der Waals surface area contributed by atoms with Crippen molar-refractivity contribution in [3.05, 3.63) is 17.9 Å². The predicted octanol–water partition coefficient (Wildman–Crippen LogP) is 2.86. The van der Waals surface area contributed by atoms with Crippen molar-refractivity contribution in [3.8, 4) is 0 Å². The van der Waals surface area contributed by atoms with Crippen LogP contribution in [-0.4, -0.2) is 19.4 Å². The number of carbonyl (C=O) groups excluding carboxylic acids is 1. The number of hydrogen-bond donors (Lipinski definition) is 0. The molecule has 0 saturated heterocycles. The molecule has 1 aromatic heterocycles. The van der Waals surface area contributed by atoms with Gasteiger partial charge in [0.05, 0.1) is 0 Å². The summed E-state index contributed by atoms with van der Waals surface area (Å²) in [6.45, 7) is 0. The third kappa shape index (κ3) is 2.22. The Labute approximate surface area is 90.1 Å². The second kappa shape index (κ2) is 4.51. The number of aldehydes is 1. The highest BCUT2D eigenvalue weighted by atomic mass is 16.4. The number of hydrogen-bond acceptors (Lipinski definition) is 3. The summed E-state index contributed by atoms with van der Waals surface area (Å²) in [7, 11) is 2.05. The van der Waals surface area contributed by atoms with Gasteiger partial charge in [-0.05, 0) is 18.9 Å². The molecule has 0 unspecified atom stereocenters. The standard InChI is InChI=1S/C12H17NO2/c1-13(10-5-3-2-4-6-10)12-8-7-11(9-14)15-12/h7-10H,2-6H2,1H3. The molecule has 1 fully saturated rings. The third-order valence-corrected chi connectivity index (χ3v) is 3.20. The number of rotatable bonds is 3. The first-order valence-electron chi connectivity index (χ1n) is 5.59. The van der Waals surface area contributed by atoms with Crippen LogP contribution in [-0.2, 0) is 0 Å². The van der Waals surface area contributed by atoms with E-state index in [9.17, 15) is 4.79 Å². The molecule has 1 aromatic rings. The Morgan fingerprint density at radius 2 is 2.07 bits per heavy atom. The van der Waals surface area contributed by atoms with Crippen LogP contribution in [0.4, 0.5) is 5.88 Å². The SMILES string of the molecule is CN(c1ccc(C=O)o1)C1CCCCC1. The van der Waals surface area contributed by atoms with Gasteiger partial charge in [-0.2, -0.15) is 0 Å². The number of nitrogens with zero attached hydrogens (tertiary/aromatic N) is 1. The summed E-state index contributed by atoms with van der Waals surface area (Å²) in [6, 6.07) is 4.17. The monoisotopic (exact) mass is 207 g/mol. The van der Waals surface area contributed by atoms with Gasteiger partial charge in [-0.1, -0.05) is 19.3 Å². The maximum Gasteiger partial charge on any atom is 0.196 e. The molecule has 3 nitrogen and oxygen atoms in total. The molecule has 1 saturated carbocycles. The predicted molar refractivity (Wildman–Crippen MR) is 59.4 cm³/mol. The van der Waals surface area contributed by atoms with Gasteiger partial charge in [0.15, 0.2) is 17.9 Å². The van der Waals surface area contributed by atoms with Crippen LogP contribution in [0.2, 0.25) is 0 Å². The molecule has 0 amide bonds. The number of carbonyl (C=O) groups is 1. The first-order valence-corrected chi connectivity index (χ1v) is 5.59. The largest absolute Gasteiger partial charge is 0.438 e. The van der Waals surface area contributed by atoms with Crippen molar-refractivity contribution in [2.45, 2.75) is 38.1 Å². The maximum atomic E-state index is 10.5. The van der Waals surface area contributed by atoms with Crippen LogP contribution in [0, 0.1) is 0 Å². The summed E-state index contributed by atoms with van der Waals surface area (Å²) in [5, 5.41) is 0. The normalized spacial score (nSPS) is 17.7. The van der Waals surface area contributed by atoms with Gasteiger partial charge < -0.3 is 9.32 Å². The zero-order chi connectivity index (χ0) is 10.7. The van der Waals surface area contributed by atoms with Crippen molar-refractivity contribution in [2.75, 3.05) is 11.9 Å². The molecule has 1 aliphatic rings. The fraction of sp³-hybridized carbons (Fsp3) is 0.583. The Hall–Kier alpha value is -1.25. The highest BCUT2D eigenvalue weighted by Gasteiger charge is 2.20.